The van der Waals surface area contributed by atoms with E-state index in [1.54, 1.807) is 17.7 Å². The molecule has 0 fully saturated rings. The van der Waals surface area contributed by atoms with Gasteiger partial charge in [0.1, 0.15) is 5.69 Å². The number of ketones is 2. The quantitative estimate of drug-likeness (QED) is 0.747. The predicted molar refractivity (Wildman–Crippen MR) is 64.8 cm³/mol. The Labute approximate surface area is 102 Å². The van der Waals surface area contributed by atoms with Crippen LogP contribution in [0.2, 0.25) is 0 Å². The summed E-state index contributed by atoms with van der Waals surface area (Å²) < 4.78 is 0. The minimum absolute atomic E-state index is 0.0306. The van der Waals surface area contributed by atoms with E-state index in [9.17, 15) is 9.59 Å². The van der Waals surface area contributed by atoms with Crippen molar-refractivity contribution in [2.45, 2.75) is 12.2 Å². The van der Waals surface area contributed by atoms with Gasteiger partial charge in [-0.1, -0.05) is 0 Å². The minimum atomic E-state index is -0.519. The molecule has 2 atom stereocenters. The van der Waals surface area contributed by atoms with Crippen LogP contribution in [-0.2, 0) is 0 Å². The molecule has 0 amide bonds. The van der Waals surface area contributed by atoms with Crippen LogP contribution >= 0.6 is 11.8 Å². The summed E-state index contributed by atoms with van der Waals surface area (Å²) in [6, 6.07) is 1.75. The third-order valence-corrected chi connectivity index (χ3v) is 4.38. The van der Waals surface area contributed by atoms with E-state index >= 15 is 0 Å². The Morgan fingerprint density at radius 2 is 2.12 bits per heavy atom. The molecule has 0 spiro atoms. The largest absolute Gasteiger partial charge is 0.401 e. The van der Waals surface area contributed by atoms with Gasteiger partial charge in [0.25, 0.3) is 0 Å². The SMILES string of the molecule is Cc1ccnc2c1C(=O)C1SC=C(N)C1C2=O. The molecule has 0 aromatic carbocycles. The number of fused-ring (bicyclic) bond motifs is 2. The second-order valence-corrected chi connectivity index (χ2v) is 5.25. The number of Topliss-reactive ketones (excluding diaryl/α,β-unsaturated/α-hetero) is 2. The fourth-order valence-corrected chi connectivity index (χ4v) is 3.46. The molecule has 0 saturated carbocycles. The summed E-state index contributed by atoms with van der Waals surface area (Å²) in [7, 11) is 0. The monoisotopic (exact) mass is 246 g/mol. The molecule has 5 heteroatoms. The number of allylic oxidation sites excluding steroid dienone is 1. The van der Waals surface area contributed by atoms with Crippen molar-refractivity contribution in [1.82, 2.24) is 4.98 Å². The first-order valence-corrected chi connectivity index (χ1v) is 6.20. The lowest BCUT2D eigenvalue weighted by Crippen LogP contribution is -2.40. The summed E-state index contributed by atoms with van der Waals surface area (Å²) in [4.78, 5) is 28.6. The van der Waals surface area contributed by atoms with Gasteiger partial charge in [0, 0.05) is 11.9 Å². The molecular formula is C12H10N2O2S. The van der Waals surface area contributed by atoms with Crippen molar-refractivity contribution in [3.63, 3.8) is 0 Å². The highest BCUT2D eigenvalue weighted by atomic mass is 32.2. The molecular weight excluding hydrogens is 236 g/mol. The Bertz CT molecular complexity index is 580. The maximum atomic E-state index is 12.3. The van der Waals surface area contributed by atoms with Crippen LogP contribution < -0.4 is 5.73 Å². The molecule has 1 aliphatic heterocycles. The predicted octanol–water partition coefficient (Wildman–Crippen LogP) is 1.30. The fourth-order valence-electron chi connectivity index (χ4n) is 2.33. The number of nitrogens with two attached hydrogens (primary N) is 1. The number of aryl methyl sites for hydroxylation is 1. The molecule has 0 saturated heterocycles. The van der Waals surface area contributed by atoms with E-state index in [0.29, 0.717) is 11.3 Å². The molecule has 1 aromatic rings. The standard InChI is InChI=1S/C12H10N2O2S/c1-5-2-3-14-9-7(5)11(16)12-8(10(9)15)6(13)4-17-12/h2-4,8,12H,13H2,1H3. The molecule has 2 heterocycles. The fraction of sp³-hybridized carbons (Fsp3) is 0.250. The molecule has 2 N–H and O–H groups in total. The normalized spacial score (nSPS) is 26.5. The Balaban J connectivity index is 2.23. The number of nitrogens with zero attached hydrogens (tertiary/aromatic N) is 1. The zero-order valence-corrected chi connectivity index (χ0v) is 9.95. The molecule has 1 aliphatic carbocycles. The van der Waals surface area contributed by atoms with Crippen LogP contribution in [0.5, 0.6) is 0 Å². The van der Waals surface area contributed by atoms with Gasteiger partial charge in [-0.05, 0) is 24.0 Å². The van der Waals surface area contributed by atoms with Gasteiger partial charge in [-0.15, -0.1) is 11.8 Å². The Morgan fingerprint density at radius 3 is 2.88 bits per heavy atom. The van der Waals surface area contributed by atoms with Crippen LogP contribution in [0.25, 0.3) is 0 Å². The van der Waals surface area contributed by atoms with Crippen molar-refractivity contribution in [3.8, 4) is 0 Å². The lowest BCUT2D eigenvalue weighted by molar-refractivity contribution is 0.0849. The highest BCUT2D eigenvalue weighted by molar-refractivity contribution is 8.03. The lowest BCUT2D eigenvalue weighted by Gasteiger charge is -2.25. The Morgan fingerprint density at radius 1 is 1.35 bits per heavy atom. The van der Waals surface area contributed by atoms with E-state index in [2.05, 4.69) is 4.98 Å². The minimum Gasteiger partial charge on any atom is -0.401 e. The lowest BCUT2D eigenvalue weighted by atomic mass is 9.81. The highest BCUT2D eigenvalue weighted by Crippen LogP contribution is 2.41. The molecule has 3 rings (SSSR count). The van der Waals surface area contributed by atoms with Crippen LogP contribution in [0.4, 0.5) is 0 Å². The maximum absolute atomic E-state index is 12.3. The summed E-state index contributed by atoms with van der Waals surface area (Å²) in [6.45, 7) is 1.82. The van der Waals surface area contributed by atoms with Crippen molar-refractivity contribution in [1.29, 1.82) is 0 Å². The van der Waals surface area contributed by atoms with E-state index in [1.165, 1.54) is 11.8 Å². The number of aromatic nitrogens is 1. The maximum Gasteiger partial charge on any atom is 0.192 e. The summed E-state index contributed by atoms with van der Waals surface area (Å²) >= 11 is 1.33. The zero-order valence-electron chi connectivity index (χ0n) is 9.14. The highest BCUT2D eigenvalue weighted by Gasteiger charge is 2.46. The van der Waals surface area contributed by atoms with Crippen molar-refractivity contribution < 1.29 is 9.59 Å². The number of rotatable bonds is 0. The molecule has 17 heavy (non-hydrogen) atoms. The van der Waals surface area contributed by atoms with E-state index in [4.69, 9.17) is 5.73 Å². The number of thioether (sulfide) groups is 1. The number of hydrogen-bond donors (Lipinski definition) is 1. The average molecular weight is 246 g/mol. The Hall–Kier alpha value is -1.62. The van der Waals surface area contributed by atoms with Crippen molar-refractivity contribution >= 4 is 23.3 Å². The van der Waals surface area contributed by atoms with Gasteiger partial charge in [0.2, 0.25) is 0 Å². The zero-order chi connectivity index (χ0) is 12.2. The van der Waals surface area contributed by atoms with Crippen LogP contribution in [0.3, 0.4) is 0 Å². The molecule has 2 unspecified atom stereocenters. The second kappa shape index (κ2) is 3.43. The molecule has 4 nitrogen and oxygen atoms in total. The molecule has 86 valence electrons. The molecule has 0 bridgehead atoms. The summed E-state index contributed by atoms with van der Waals surface area (Å²) in [6.07, 6.45) is 1.56. The smallest absolute Gasteiger partial charge is 0.192 e. The number of carbonyl (C=O) groups is 2. The average Bonchev–Trinajstić information content (AvgIpc) is 2.68. The van der Waals surface area contributed by atoms with Gasteiger partial charge in [-0.3, -0.25) is 14.6 Å². The Kier molecular flexibility index (Phi) is 2.13. The van der Waals surface area contributed by atoms with Gasteiger partial charge in [-0.2, -0.15) is 0 Å². The first-order chi connectivity index (χ1) is 8.11. The third-order valence-electron chi connectivity index (χ3n) is 3.19. The summed E-state index contributed by atoms with van der Waals surface area (Å²) in [5, 5.41) is 1.31. The second-order valence-electron chi connectivity index (χ2n) is 4.23. The van der Waals surface area contributed by atoms with Crippen molar-refractivity contribution in [2.75, 3.05) is 0 Å². The van der Waals surface area contributed by atoms with Crippen LogP contribution in [0.15, 0.2) is 23.4 Å². The number of pyridine rings is 1. The first-order valence-electron chi connectivity index (χ1n) is 5.26. The summed E-state index contributed by atoms with van der Waals surface area (Å²) in [5.74, 6) is -0.682. The van der Waals surface area contributed by atoms with Gasteiger partial charge < -0.3 is 5.73 Å². The van der Waals surface area contributed by atoms with Gasteiger partial charge in [-0.25, -0.2) is 0 Å². The first kappa shape index (κ1) is 10.5. The van der Waals surface area contributed by atoms with Gasteiger partial charge in [0.15, 0.2) is 11.6 Å². The van der Waals surface area contributed by atoms with Crippen LogP contribution in [0.1, 0.15) is 26.4 Å². The van der Waals surface area contributed by atoms with E-state index in [0.717, 1.165) is 5.56 Å². The van der Waals surface area contributed by atoms with E-state index in [-0.39, 0.29) is 17.3 Å². The summed E-state index contributed by atoms with van der Waals surface area (Å²) in [5.41, 5.74) is 7.80. The van der Waals surface area contributed by atoms with Crippen molar-refractivity contribution in [2.24, 2.45) is 11.7 Å². The number of carbonyl (C=O) groups excluding carboxylic acids is 2. The molecule has 0 radical (unpaired) electrons. The molecule has 1 aromatic heterocycles. The molecule has 2 aliphatic rings. The van der Waals surface area contributed by atoms with Gasteiger partial charge in [0.05, 0.1) is 16.7 Å². The van der Waals surface area contributed by atoms with Crippen LogP contribution in [0, 0.1) is 12.8 Å². The third kappa shape index (κ3) is 1.29. The van der Waals surface area contributed by atoms with E-state index < -0.39 is 11.2 Å². The number of hydrogen-bond acceptors (Lipinski definition) is 5. The van der Waals surface area contributed by atoms with Crippen LogP contribution in [-0.4, -0.2) is 21.8 Å². The van der Waals surface area contributed by atoms with E-state index in [1.807, 2.05) is 6.92 Å². The van der Waals surface area contributed by atoms with Gasteiger partial charge >= 0.3 is 0 Å². The van der Waals surface area contributed by atoms with Crippen molar-refractivity contribution in [3.05, 3.63) is 40.2 Å². The topological polar surface area (TPSA) is 73.1 Å².